The van der Waals surface area contributed by atoms with Crippen molar-refractivity contribution in [2.75, 3.05) is 20.2 Å². The van der Waals surface area contributed by atoms with Gasteiger partial charge in [-0.2, -0.15) is 0 Å². The highest BCUT2D eigenvalue weighted by atomic mass is 79.9. The molecule has 0 unspecified atom stereocenters. The van der Waals surface area contributed by atoms with Gasteiger partial charge in [0.2, 0.25) is 0 Å². The minimum absolute atomic E-state index is 0.0473. The average molecular weight is 347 g/mol. The van der Waals surface area contributed by atoms with Crippen LogP contribution in [0.3, 0.4) is 0 Å². The fraction of sp³-hybridized carbons (Fsp3) is 0.500. The summed E-state index contributed by atoms with van der Waals surface area (Å²) in [6.07, 6.45) is 1.20. The highest BCUT2D eigenvalue weighted by Gasteiger charge is 2.16. The van der Waals surface area contributed by atoms with Gasteiger partial charge in [0, 0.05) is 24.7 Å². The molecule has 4 nitrogen and oxygen atoms in total. The van der Waals surface area contributed by atoms with Crippen molar-refractivity contribution in [1.82, 2.24) is 10.2 Å². The zero-order chi connectivity index (χ0) is 15.1. The SMILES string of the molecule is CC[C@@H](NC(=O)N(C)CCCO)c1cc(F)cc(Br)c1. The van der Waals surface area contributed by atoms with Crippen LogP contribution in [-0.4, -0.2) is 36.2 Å². The summed E-state index contributed by atoms with van der Waals surface area (Å²) >= 11 is 3.25. The van der Waals surface area contributed by atoms with Crippen LogP contribution in [0.25, 0.3) is 0 Å². The van der Waals surface area contributed by atoms with Crippen LogP contribution < -0.4 is 5.32 Å². The van der Waals surface area contributed by atoms with Gasteiger partial charge < -0.3 is 15.3 Å². The van der Waals surface area contributed by atoms with Gasteiger partial charge in [0.1, 0.15) is 5.82 Å². The molecule has 0 aromatic heterocycles. The molecule has 0 radical (unpaired) electrons. The summed E-state index contributed by atoms with van der Waals surface area (Å²) < 4.78 is 14.1. The molecule has 0 aliphatic rings. The van der Waals surface area contributed by atoms with E-state index in [1.54, 1.807) is 13.1 Å². The van der Waals surface area contributed by atoms with Crippen molar-refractivity contribution >= 4 is 22.0 Å². The number of benzene rings is 1. The first kappa shape index (κ1) is 16.9. The highest BCUT2D eigenvalue weighted by Crippen LogP contribution is 2.22. The Bertz CT molecular complexity index is 437. The molecule has 2 N–H and O–H groups in total. The van der Waals surface area contributed by atoms with E-state index in [0.29, 0.717) is 23.9 Å². The molecular formula is C14H20BrFN2O2. The summed E-state index contributed by atoms with van der Waals surface area (Å²) in [5.41, 5.74) is 0.725. The predicted molar refractivity (Wildman–Crippen MR) is 80.0 cm³/mol. The number of hydrogen-bond acceptors (Lipinski definition) is 2. The standard InChI is InChI=1S/C14H20BrFN2O2/c1-3-13(10-7-11(15)9-12(16)8-10)17-14(20)18(2)5-4-6-19/h7-9,13,19H,3-6H2,1-2H3,(H,17,20)/t13-/m1/s1. The number of aliphatic hydroxyl groups is 1. The van der Waals surface area contributed by atoms with Gasteiger partial charge in [-0.05, 0) is 36.6 Å². The first-order valence-electron chi connectivity index (χ1n) is 6.56. The number of aliphatic hydroxyl groups excluding tert-OH is 1. The molecule has 0 aliphatic heterocycles. The maximum atomic E-state index is 13.4. The van der Waals surface area contributed by atoms with Crippen molar-refractivity contribution in [1.29, 1.82) is 0 Å². The number of amides is 2. The molecular weight excluding hydrogens is 327 g/mol. The van der Waals surface area contributed by atoms with Gasteiger partial charge in [-0.3, -0.25) is 0 Å². The lowest BCUT2D eigenvalue weighted by Gasteiger charge is -2.23. The molecule has 0 fully saturated rings. The van der Waals surface area contributed by atoms with Crippen LogP contribution in [0.2, 0.25) is 0 Å². The van der Waals surface area contributed by atoms with E-state index in [9.17, 15) is 9.18 Å². The molecule has 0 saturated carbocycles. The molecule has 0 bridgehead atoms. The Morgan fingerprint density at radius 3 is 2.75 bits per heavy atom. The van der Waals surface area contributed by atoms with E-state index in [1.807, 2.05) is 6.92 Å². The van der Waals surface area contributed by atoms with Crippen molar-refractivity contribution in [3.8, 4) is 0 Å². The minimum Gasteiger partial charge on any atom is -0.396 e. The Kier molecular flexibility index (Phi) is 6.95. The lowest BCUT2D eigenvalue weighted by molar-refractivity contribution is 0.197. The number of hydrogen-bond donors (Lipinski definition) is 2. The molecule has 112 valence electrons. The van der Waals surface area contributed by atoms with Crippen LogP contribution in [0, 0.1) is 5.82 Å². The molecule has 20 heavy (non-hydrogen) atoms. The van der Waals surface area contributed by atoms with E-state index in [-0.39, 0.29) is 24.5 Å². The minimum atomic E-state index is -0.337. The monoisotopic (exact) mass is 346 g/mol. The first-order valence-corrected chi connectivity index (χ1v) is 7.35. The Morgan fingerprint density at radius 1 is 1.50 bits per heavy atom. The van der Waals surface area contributed by atoms with E-state index in [4.69, 9.17) is 5.11 Å². The van der Waals surface area contributed by atoms with Crippen molar-refractivity contribution in [2.45, 2.75) is 25.8 Å². The van der Waals surface area contributed by atoms with Crippen LogP contribution in [0.1, 0.15) is 31.4 Å². The number of nitrogens with zero attached hydrogens (tertiary/aromatic N) is 1. The highest BCUT2D eigenvalue weighted by molar-refractivity contribution is 9.10. The molecule has 0 aliphatic carbocycles. The van der Waals surface area contributed by atoms with E-state index >= 15 is 0 Å². The largest absolute Gasteiger partial charge is 0.396 e. The fourth-order valence-corrected chi connectivity index (χ4v) is 2.35. The van der Waals surface area contributed by atoms with E-state index in [0.717, 1.165) is 5.56 Å². The van der Waals surface area contributed by atoms with E-state index < -0.39 is 0 Å². The number of carbonyl (C=O) groups is 1. The summed E-state index contributed by atoms with van der Waals surface area (Å²) in [4.78, 5) is 13.5. The molecule has 6 heteroatoms. The Labute approximate surface area is 127 Å². The first-order chi connectivity index (χ1) is 9.47. The molecule has 0 spiro atoms. The molecule has 2 amide bonds. The van der Waals surface area contributed by atoms with Crippen LogP contribution in [-0.2, 0) is 0 Å². The van der Waals surface area contributed by atoms with Gasteiger partial charge in [0.05, 0.1) is 6.04 Å². The lowest BCUT2D eigenvalue weighted by Crippen LogP contribution is -2.39. The van der Waals surface area contributed by atoms with Crippen molar-refractivity contribution < 1.29 is 14.3 Å². The van der Waals surface area contributed by atoms with Gasteiger partial charge in [0.25, 0.3) is 0 Å². The molecule has 1 aromatic rings. The number of nitrogens with one attached hydrogen (secondary N) is 1. The molecule has 1 rings (SSSR count). The predicted octanol–water partition coefficient (Wildman–Crippen LogP) is 3.06. The second-order valence-corrected chi connectivity index (χ2v) is 5.53. The third-order valence-corrected chi connectivity index (χ3v) is 3.45. The van der Waals surface area contributed by atoms with Crippen molar-refractivity contribution in [3.63, 3.8) is 0 Å². The van der Waals surface area contributed by atoms with Crippen molar-refractivity contribution in [3.05, 3.63) is 34.1 Å². The van der Waals surface area contributed by atoms with Crippen LogP contribution in [0.15, 0.2) is 22.7 Å². The average Bonchev–Trinajstić information content (AvgIpc) is 2.40. The topological polar surface area (TPSA) is 52.6 Å². The number of carbonyl (C=O) groups excluding carboxylic acids is 1. The Balaban J connectivity index is 2.73. The summed E-state index contributed by atoms with van der Waals surface area (Å²) in [5.74, 6) is -0.337. The maximum absolute atomic E-state index is 13.4. The summed E-state index contributed by atoms with van der Waals surface area (Å²) in [6, 6.07) is 4.13. The van der Waals surface area contributed by atoms with Gasteiger partial charge in [-0.25, -0.2) is 9.18 Å². The molecule has 0 saturated heterocycles. The zero-order valence-electron chi connectivity index (χ0n) is 11.7. The fourth-order valence-electron chi connectivity index (χ4n) is 1.87. The third-order valence-electron chi connectivity index (χ3n) is 2.99. The quantitative estimate of drug-likeness (QED) is 0.831. The summed E-state index contributed by atoms with van der Waals surface area (Å²) in [6.45, 7) is 2.45. The Morgan fingerprint density at radius 2 is 2.20 bits per heavy atom. The summed E-state index contributed by atoms with van der Waals surface area (Å²) in [5, 5.41) is 11.6. The van der Waals surface area contributed by atoms with Crippen molar-refractivity contribution in [2.24, 2.45) is 0 Å². The van der Waals surface area contributed by atoms with E-state index in [2.05, 4.69) is 21.2 Å². The normalized spacial score (nSPS) is 12.1. The number of halogens is 2. The molecule has 1 atom stereocenters. The van der Waals surface area contributed by atoms with Crippen LogP contribution >= 0.6 is 15.9 Å². The Hall–Kier alpha value is -1.14. The van der Waals surface area contributed by atoms with Crippen LogP contribution in [0.5, 0.6) is 0 Å². The third kappa shape index (κ3) is 5.09. The molecule has 1 aromatic carbocycles. The smallest absolute Gasteiger partial charge is 0.317 e. The number of urea groups is 1. The maximum Gasteiger partial charge on any atom is 0.317 e. The van der Waals surface area contributed by atoms with Gasteiger partial charge in [-0.1, -0.05) is 22.9 Å². The second-order valence-electron chi connectivity index (χ2n) is 4.61. The lowest BCUT2D eigenvalue weighted by atomic mass is 10.0. The molecule has 0 heterocycles. The van der Waals surface area contributed by atoms with Gasteiger partial charge in [0.15, 0.2) is 0 Å². The van der Waals surface area contributed by atoms with Crippen LogP contribution in [0.4, 0.5) is 9.18 Å². The zero-order valence-corrected chi connectivity index (χ0v) is 13.3. The number of rotatable bonds is 6. The van der Waals surface area contributed by atoms with Gasteiger partial charge in [-0.15, -0.1) is 0 Å². The van der Waals surface area contributed by atoms with E-state index in [1.165, 1.54) is 17.0 Å². The van der Waals surface area contributed by atoms with Gasteiger partial charge >= 0.3 is 6.03 Å². The summed E-state index contributed by atoms with van der Waals surface area (Å²) in [7, 11) is 1.67. The second kappa shape index (κ2) is 8.21.